The van der Waals surface area contributed by atoms with Gasteiger partial charge < -0.3 is 9.80 Å². The summed E-state index contributed by atoms with van der Waals surface area (Å²) in [6.07, 6.45) is 0. The molecule has 8 aromatic rings. The van der Waals surface area contributed by atoms with Crippen molar-refractivity contribution in [3.63, 3.8) is 0 Å². The molecule has 2 heterocycles. The molecular weight excluding hydrogens is 808 g/mol. The number of para-hydroxylation sites is 2. The molecule has 0 bridgehead atoms. The normalized spacial score (nSPS) is 13.6. The molecule has 2 aliphatic rings. The van der Waals surface area contributed by atoms with Crippen LogP contribution < -0.4 is 26.2 Å². The lowest BCUT2D eigenvalue weighted by Crippen LogP contribution is -2.61. The molecule has 2 aliphatic heterocycles. The minimum absolute atomic E-state index is 0.0117. The van der Waals surface area contributed by atoms with Crippen molar-refractivity contribution in [2.75, 3.05) is 9.80 Å². The molecule has 0 aromatic heterocycles. The summed E-state index contributed by atoms with van der Waals surface area (Å²) in [5.41, 5.74) is 23.6. The van der Waals surface area contributed by atoms with Crippen molar-refractivity contribution in [3.8, 4) is 33.4 Å². The van der Waals surface area contributed by atoms with Gasteiger partial charge in [-0.3, -0.25) is 0 Å². The predicted molar refractivity (Wildman–Crippen MR) is 292 cm³/mol. The van der Waals surface area contributed by atoms with E-state index in [4.69, 9.17) is 0 Å². The molecule has 10 rings (SSSR count). The Morgan fingerprint density at radius 2 is 0.657 bits per heavy atom. The van der Waals surface area contributed by atoms with Crippen LogP contribution in [0.4, 0.5) is 34.1 Å². The number of fused-ring (bicyclic) bond motifs is 4. The zero-order valence-corrected chi connectivity index (χ0v) is 41.7. The topological polar surface area (TPSA) is 6.48 Å². The van der Waals surface area contributed by atoms with E-state index in [-0.39, 0.29) is 28.4 Å². The molecule has 334 valence electrons. The van der Waals surface area contributed by atoms with E-state index in [1.165, 1.54) is 106 Å². The second-order valence-electron chi connectivity index (χ2n) is 23.1. The summed E-state index contributed by atoms with van der Waals surface area (Å²) in [6, 6.07) is 67.0. The fourth-order valence-corrected chi connectivity index (χ4v) is 10.4. The molecule has 0 spiro atoms. The Balaban J connectivity index is 1.39. The molecule has 0 N–H and O–H groups in total. The number of anilines is 6. The maximum absolute atomic E-state index is 2.62. The molecule has 0 radical (unpaired) electrons. The van der Waals surface area contributed by atoms with Crippen LogP contribution >= 0.6 is 0 Å². The van der Waals surface area contributed by atoms with Crippen LogP contribution in [0.3, 0.4) is 0 Å². The summed E-state index contributed by atoms with van der Waals surface area (Å²) in [5, 5.41) is 0. The van der Waals surface area contributed by atoms with E-state index >= 15 is 0 Å². The highest BCUT2D eigenvalue weighted by molar-refractivity contribution is 7.00. The molecule has 67 heavy (non-hydrogen) atoms. The molecule has 2 nitrogen and oxygen atoms in total. The van der Waals surface area contributed by atoms with Crippen LogP contribution in [0.1, 0.15) is 105 Å². The fourth-order valence-electron chi connectivity index (χ4n) is 10.4. The van der Waals surface area contributed by atoms with Crippen molar-refractivity contribution in [1.29, 1.82) is 0 Å². The summed E-state index contributed by atoms with van der Waals surface area (Å²) in [5.74, 6) is 0. The van der Waals surface area contributed by atoms with Gasteiger partial charge >= 0.3 is 0 Å². The standard InChI is InChI=1S/C64H65BN2/c1-61(2,3)45-36-46(62(4,5)6)39-49(38-45)66-55-32-21-19-30-53(55)65-54-31-20-22-33-56(54)67(50-40-47(63(7,8)9)37-48(41-50)64(10,11)12)58-35-44(34-57(66)60(58)65)59-51(42-24-15-13-16-25-42)28-23-29-52(59)43-26-17-14-18-27-43/h13-41H,1-12H3. The zero-order valence-electron chi connectivity index (χ0n) is 41.7. The Bertz CT molecular complexity index is 2900. The van der Waals surface area contributed by atoms with Crippen molar-refractivity contribution >= 4 is 57.2 Å². The van der Waals surface area contributed by atoms with Gasteiger partial charge in [-0.2, -0.15) is 0 Å². The van der Waals surface area contributed by atoms with Crippen molar-refractivity contribution in [3.05, 3.63) is 198 Å². The van der Waals surface area contributed by atoms with Crippen LogP contribution in [0.15, 0.2) is 176 Å². The second kappa shape index (κ2) is 16.0. The lowest BCUT2D eigenvalue weighted by Gasteiger charge is -2.45. The third kappa shape index (κ3) is 7.91. The molecule has 0 unspecified atom stereocenters. The number of hydrogen-bond acceptors (Lipinski definition) is 2. The van der Waals surface area contributed by atoms with Gasteiger partial charge in [0.05, 0.1) is 0 Å². The van der Waals surface area contributed by atoms with Crippen LogP contribution in [0.25, 0.3) is 33.4 Å². The Morgan fingerprint density at radius 3 is 1.01 bits per heavy atom. The molecule has 0 atom stereocenters. The Morgan fingerprint density at radius 1 is 0.313 bits per heavy atom. The molecule has 0 fully saturated rings. The molecular formula is C64H65BN2. The van der Waals surface area contributed by atoms with Crippen molar-refractivity contribution in [1.82, 2.24) is 0 Å². The first-order valence-corrected chi connectivity index (χ1v) is 24.3. The first-order chi connectivity index (χ1) is 31.8. The molecule has 0 amide bonds. The predicted octanol–water partition coefficient (Wildman–Crippen LogP) is 16.0. The Kier molecular flexibility index (Phi) is 10.6. The van der Waals surface area contributed by atoms with Crippen LogP contribution in [0.5, 0.6) is 0 Å². The van der Waals surface area contributed by atoms with E-state index < -0.39 is 0 Å². The van der Waals surface area contributed by atoms with Gasteiger partial charge in [-0.1, -0.05) is 210 Å². The third-order valence-corrected chi connectivity index (χ3v) is 14.2. The average molecular weight is 873 g/mol. The highest BCUT2D eigenvalue weighted by Gasteiger charge is 2.44. The molecule has 8 aromatic carbocycles. The minimum Gasteiger partial charge on any atom is -0.311 e. The molecule has 0 aliphatic carbocycles. The lowest BCUT2D eigenvalue weighted by atomic mass is 9.33. The molecule has 3 heteroatoms. The average Bonchev–Trinajstić information content (AvgIpc) is 3.30. The van der Waals surface area contributed by atoms with Crippen molar-refractivity contribution < 1.29 is 0 Å². The maximum atomic E-state index is 2.62. The lowest BCUT2D eigenvalue weighted by molar-refractivity contribution is 0.568. The van der Waals surface area contributed by atoms with Crippen LogP contribution in [0, 0.1) is 0 Å². The summed E-state index contributed by atoms with van der Waals surface area (Å²) < 4.78 is 0. The first-order valence-electron chi connectivity index (χ1n) is 24.3. The first kappa shape index (κ1) is 44.3. The van der Waals surface area contributed by atoms with E-state index in [0.29, 0.717) is 0 Å². The fraction of sp³-hybridized carbons (Fsp3) is 0.250. The van der Waals surface area contributed by atoms with Crippen LogP contribution in [-0.2, 0) is 21.7 Å². The van der Waals surface area contributed by atoms with Gasteiger partial charge in [-0.15, -0.1) is 0 Å². The van der Waals surface area contributed by atoms with Crippen molar-refractivity contribution in [2.24, 2.45) is 0 Å². The summed E-state index contributed by atoms with van der Waals surface area (Å²) in [7, 11) is 0. The van der Waals surface area contributed by atoms with Gasteiger partial charge in [0, 0.05) is 34.1 Å². The Hall–Kier alpha value is -6.58. The van der Waals surface area contributed by atoms with Gasteiger partial charge in [-0.05, 0) is 142 Å². The van der Waals surface area contributed by atoms with Gasteiger partial charge in [0.25, 0.3) is 6.71 Å². The Labute approximate surface area is 401 Å². The third-order valence-electron chi connectivity index (χ3n) is 14.2. The van der Waals surface area contributed by atoms with Gasteiger partial charge in [0.15, 0.2) is 0 Å². The van der Waals surface area contributed by atoms with E-state index in [1.54, 1.807) is 0 Å². The van der Waals surface area contributed by atoms with Gasteiger partial charge in [-0.25, -0.2) is 0 Å². The molecule has 0 saturated heterocycles. The smallest absolute Gasteiger partial charge is 0.252 e. The SMILES string of the molecule is CC(C)(C)c1cc(N2c3ccccc3B3c4ccccc4N(c4cc(C(C)(C)C)cc(C(C)(C)C)c4)c4cc(-c5c(-c6ccccc6)cccc5-c5ccccc5)cc2c43)cc(C(C)(C)C)c1. The largest absolute Gasteiger partial charge is 0.311 e. The maximum Gasteiger partial charge on any atom is 0.252 e. The minimum atomic E-state index is -0.0626. The quantitative estimate of drug-likeness (QED) is 0.159. The number of benzene rings is 8. The van der Waals surface area contributed by atoms with Gasteiger partial charge in [0.2, 0.25) is 0 Å². The summed E-state index contributed by atoms with van der Waals surface area (Å²) >= 11 is 0. The number of rotatable bonds is 5. The summed E-state index contributed by atoms with van der Waals surface area (Å²) in [6.45, 7) is 28.2. The molecule has 0 saturated carbocycles. The second-order valence-corrected chi connectivity index (χ2v) is 23.1. The highest BCUT2D eigenvalue weighted by Crippen LogP contribution is 2.50. The highest BCUT2D eigenvalue weighted by atomic mass is 15.2. The number of nitrogens with zero attached hydrogens (tertiary/aromatic N) is 2. The van der Waals surface area contributed by atoms with E-state index in [9.17, 15) is 0 Å². The van der Waals surface area contributed by atoms with Crippen LogP contribution in [-0.4, -0.2) is 6.71 Å². The number of hydrogen-bond donors (Lipinski definition) is 0. The van der Waals surface area contributed by atoms with Crippen molar-refractivity contribution in [2.45, 2.75) is 105 Å². The monoisotopic (exact) mass is 873 g/mol. The van der Waals surface area contributed by atoms with Crippen LogP contribution in [0.2, 0.25) is 0 Å². The zero-order chi connectivity index (χ0) is 47.2. The van der Waals surface area contributed by atoms with Gasteiger partial charge in [0.1, 0.15) is 0 Å². The summed E-state index contributed by atoms with van der Waals surface area (Å²) in [4.78, 5) is 5.23. The van der Waals surface area contributed by atoms with E-state index in [2.05, 4.69) is 269 Å². The van der Waals surface area contributed by atoms with E-state index in [0.717, 1.165) is 0 Å². The van der Waals surface area contributed by atoms with E-state index in [1.807, 2.05) is 0 Å².